The quantitative estimate of drug-likeness (QED) is 0.633. The fourth-order valence-electron chi connectivity index (χ4n) is 2.10. The lowest BCUT2D eigenvalue weighted by atomic mass is 10.1. The molecule has 0 aliphatic heterocycles. The van der Waals surface area contributed by atoms with Gasteiger partial charge < -0.3 is 0 Å². The number of hydrogen-bond donors (Lipinski definition) is 0. The van der Waals surface area contributed by atoms with Gasteiger partial charge in [0.05, 0.1) is 22.9 Å². The van der Waals surface area contributed by atoms with E-state index in [1.54, 1.807) is 29.0 Å². The number of benzene rings is 1. The maximum atomic E-state index is 12.2. The van der Waals surface area contributed by atoms with Crippen molar-refractivity contribution >= 4 is 11.9 Å². The summed E-state index contributed by atoms with van der Waals surface area (Å²) in [5, 5.41) is 13.1. The van der Waals surface area contributed by atoms with E-state index in [-0.39, 0.29) is 5.78 Å². The van der Waals surface area contributed by atoms with Crippen LogP contribution in [0.15, 0.2) is 30.3 Å². The molecule has 100 valence electrons. The van der Waals surface area contributed by atoms with Gasteiger partial charge in [0.2, 0.25) is 0 Å². The molecular weight excluding hydrogens is 250 g/mol. The first-order chi connectivity index (χ1) is 9.52. The van der Waals surface area contributed by atoms with Crippen molar-refractivity contribution in [2.24, 2.45) is 7.05 Å². The van der Waals surface area contributed by atoms with Gasteiger partial charge in [-0.1, -0.05) is 18.2 Å². The number of rotatable bonds is 3. The lowest BCUT2D eigenvalue weighted by Gasteiger charge is -1.97. The summed E-state index contributed by atoms with van der Waals surface area (Å²) in [5.74, 6) is -0.0736. The molecule has 4 nitrogen and oxygen atoms in total. The molecule has 0 radical (unpaired) electrons. The molecule has 0 saturated carbocycles. The van der Waals surface area contributed by atoms with Crippen LogP contribution in [0.4, 0.5) is 0 Å². The SMILES string of the molecule is Cc1nn(C)c(C)c1C(=O)/C=C/c1cccc(C#N)c1. The molecule has 2 aromatic rings. The average molecular weight is 265 g/mol. The highest BCUT2D eigenvalue weighted by atomic mass is 16.1. The highest BCUT2D eigenvalue weighted by Crippen LogP contribution is 2.14. The Hall–Kier alpha value is -2.67. The Kier molecular flexibility index (Phi) is 3.81. The molecule has 0 atom stereocenters. The molecule has 1 heterocycles. The lowest BCUT2D eigenvalue weighted by Crippen LogP contribution is -1.99. The van der Waals surface area contributed by atoms with E-state index < -0.39 is 0 Å². The summed E-state index contributed by atoms with van der Waals surface area (Å²) in [7, 11) is 1.82. The number of allylic oxidation sites excluding steroid dienone is 1. The zero-order chi connectivity index (χ0) is 14.7. The second kappa shape index (κ2) is 5.54. The van der Waals surface area contributed by atoms with E-state index in [1.807, 2.05) is 27.0 Å². The number of aromatic nitrogens is 2. The van der Waals surface area contributed by atoms with Gasteiger partial charge in [0.15, 0.2) is 5.78 Å². The predicted octanol–water partition coefficient (Wildman–Crippen LogP) is 2.80. The number of aryl methyl sites for hydroxylation is 2. The van der Waals surface area contributed by atoms with Crippen molar-refractivity contribution in [2.45, 2.75) is 13.8 Å². The van der Waals surface area contributed by atoms with Crippen molar-refractivity contribution in [3.8, 4) is 6.07 Å². The summed E-state index contributed by atoms with van der Waals surface area (Å²) >= 11 is 0. The van der Waals surface area contributed by atoms with E-state index in [4.69, 9.17) is 5.26 Å². The number of ketones is 1. The molecule has 0 aliphatic rings. The molecular formula is C16H15N3O. The van der Waals surface area contributed by atoms with Crippen molar-refractivity contribution < 1.29 is 4.79 Å². The molecule has 0 bridgehead atoms. The lowest BCUT2D eigenvalue weighted by molar-refractivity contribution is 0.104. The molecule has 0 N–H and O–H groups in total. The fraction of sp³-hybridized carbons (Fsp3) is 0.188. The third kappa shape index (κ3) is 2.67. The Balaban J connectivity index is 2.27. The zero-order valence-corrected chi connectivity index (χ0v) is 11.7. The third-order valence-electron chi connectivity index (χ3n) is 3.20. The highest BCUT2D eigenvalue weighted by Gasteiger charge is 2.14. The van der Waals surface area contributed by atoms with E-state index >= 15 is 0 Å². The Morgan fingerprint density at radius 1 is 1.40 bits per heavy atom. The van der Waals surface area contributed by atoms with Crippen molar-refractivity contribution in [3.05, 3.63) is 58.4 Å². The zero-order valence-electron chi connectivity index (χ0n) is 11.7. The maximum Gasteiger partial charge on any atom is 0.189 e. The smallest absolute Gasteiger partial charge is 0.189 e. The summed E-state index contributed by atoms with van der Waals surface area (Å²) in [6.45, 7) is 3.70. The normalized spacial score (nSPS) is 10.7. The van der Waals surface area contributed by atoms with Gasteiger partial charge in [0.25, 0.3) is 0 Å². The molecule has 2 rings (SSSR count). The largest absolute Gasteiger partial charge is 0.289 e. The van der Waals surface area contributed by atoms with Crippen LogP contribution in [0.5, 0.6) is 0 Å². The van der Waals surface area contributed by atoms with Crippen molar-refractivity contribution in [3.63, 3.8) is 0 Å². The van der Waals surface area contributed by atoms with Crippen LogP contribution in [0.3, 0.4) is 0 Å². The summed E-state index contributed by atoms with van der Waals surface area (Å²) < 4.78 is 1.70. The molecule has 0 fully saturated rings. The minimum atomic E-state index is -0.0736. The molecule has 0 unspecified atom stereocenters. The molecule has 0 amide bonds. The van der Waals surface area contributed by atoms with E-state index in [2.05, 4.69) is 11.2 Å². The van der Waals surface area contributed by atoms with Gasteiger partial charge in [-0.05, 0) is 37.6 Å². The number of carbonyl (C=O) groups excluding carboxylic acids is 1. The van der Waals surface area contributed by atoms with E-state index in [0.717, 1.165) is 17.0 Å². The molecule has 0 spiro atoms. The van der Waals surface area contributed by atoms with Crippen molar-refractivity contribution in [2.75, 3.05) is 0 Å². The van der Waals surface area contributed by atoms with E-state index in [0.29, 0.717) is 11.1 Å². The number of carbonyl (C=O) groups is 1. The Bertz CT molecular complexity index is 733. The first-order valence-corrected chi connectivity index (χ1v) is 6.25. The van der Waals surface area contributed by atoms with Crippen LogP contribution in [0, 0.1) is 25.2 Å². The van der Waals surface area contributed by atoms with Crippen LogP contribution < -0.4 is 0 Å². The monoisotopic (exact) mass is 265 g/mol. The first kappa shape index (κ1) is 13.8. The third-order valence-corrected chi connectivity index (χ3v) is 3.20. The topological polar surface area (TPSA) is 58.7 Å². The molecule has 0 aliphatic carbocycles. The summed E-state index contributed by atoms with van der Waals surface area (Å²) in [6.07, 6.45) is 3.24. The summed E-state index contributed by atoms with van der Waals surface area (Å²) in [6, 6.07) is 9.20. The average Bonchev–Trinajstić information content (AvgIpc) is 2.70. The van der Waals surface area contributed by atoms with Crippen LogP contribution in [-0.4, -0.2) is 15.6 Å². The highest BCUT2D eigenvalue weighted by molar-refractivity contribution is 6.08. The van der Waals surface area contributed by atoms with Gasteiger partial charge in [-0.25, -0.2) is 0 Å². The van der Waals surface area contributed by atoms with Gasteiger partial charge in [0, 0.05) is 12.7 Å². The summed E-state index contributed by atoms with van der Waals surface area (Å²) in [5.41, 5.74) is 3.62. The van der Waals surface area contributed by atoms with E-state index in [9.17, 15) is 4.79 Å². The first-order valence-electron chi connectivity index (χ1n) is 6.25. The molecule has 4 heteroatoms. The van der Waals surface area contributed by atoms with Crippen LogP contribution in [0.1, 0.15) is 32.9 Å². The van der Waals surface area contributed by atoms with Crippen LogP contribution >= 0.6 is 0 Å². The molecule has 0 saturated heterocycles. The minimum absolute atomic E-state index is 0.0736. The van der Waals surface area contributed by atoms with Crippen LogP contribution in [-0.2, 0) is 7.05 Å². The standard InChI is InChI=1S/C16H15N3O/c1-11-16(12(2)19(3)18-11)15(20)8-7-13-5-4-6-14(9-13)10-17/h4-9H,1-3H3/b8-7+. The maximum absolute atomic E-state index is 12.2. The predicted molar refractivity (Wildman–Crippen MR) is 77.2 cm³/mol. The number of nitrogens with zero attached hydrogens (tertiary/aromatic N) is 3. The van der Waals surface area contributed by atoms with Gasteiger partial charge in [-0.2, -0.15) is 10.4 Å². The van der Waals surface area contributed by atoms with Crippen LogP contribution in [0.2, 0.25) is 0 Å². The number of hydrogen-bond acceptors (Lipinski definition) is 3. The van der Waals surface area contributed by atoms with Gasteiger partial charge in [-0.3, -0.25) is 9.48 Å². The minimum Gasteiger partial charge on any atom is -0.289 e. The number of nitriles is 1. The Labute approximate surface area is 118 Å². The van der Waals surface area contributed by atoms with E-state index in [1.165, 1.54) is 6.08 Å². The second-order valence-corrected chi connectivity index (χ2v) is 4.60. The molecule has 20 heavy (non-hydrogen) atoms. The molecule has 1 aromatic carbocycles. The second-order valence-electron chi connectivity index (χ2n) is 4.60. The van der Waals surface area contributed by atoms with Crippen molar-refractivity contribution in [1.82, 2.24) is 9.78 Å². The van der Waals surface area contributed by atoms with Gasteiger partial charge in [-0.15, -0.1) is 0 Å². The fourth-order valence-corrected chi connectivity index (χ4v) is 2.10. The Morgan fingerprint density at radius 3 is 2.75 bits per heavy atom. The van der Waals surface area contributed by atoms with Crippen molar-refractivity contribution in [1.29, 1.82) is 5.26 Å². The van der Waals surface area contributed by atoms with Gasteiger partial charge in [0.1, 0.15) is 0 Å². The van der Waals surface area contributed by atoms with Crippen LogP contribution in [0.25, 0.3) is 6.08 Å². The molecule has 1 aromatic heterocycles. The Morgan fingerprint density at radius 2 is 2.15 bits per heavy atom. The van der Waals surface area contributed by atoms with Gasteiger partial charge >= 0.3 is 0 Å². The summed E-state index contributed by atoms with van der Waals surface area (Å²) in [4.78, 5) is 12.2.